The lowest BCUT2D eigenvalue weighted by atomic mass is 9.45. The summed E-state index contributed by atoms with van der Waals surface area (Å²) in [5.41, 5.74) is -0.184. The zero-order valence-electron chi connectivity index (χ0n) is 17.2. The van der Waals surface area contributed by atoms with Crippen molar-refractivity contribution in [2.24, 2.45) is 40.4 Å². The molecule has 0 bridgehead atoms. The smallest absolute Gasteiger partial charge is 0.243 e. The fourth-order valence-corrected chi connectivity index (χ4v) is 7.95. The van der Waals surface area contributed by atoms with Crippen LogP contribution in [0.1, 0.15) is 73.1 Å². The van der Waals surface area contributed by atoms with Gasteiger partial charge in [0, 0.05) is 11.5 Å². The highest BCUT2D eigenvalue weighted by Gasteiger charge is 2.63. The van der Waals surface area contributed by atoms with Crippen LogP contribution in [-0.2, 0) is 4.79 Å². The molecule has 0 radical (unpaired) electrons. The number of rotatable bonds is 2. The molecule has 3 fully saturated rings. The standard InChI is InChI=1S/C23H37NO2/c1-6-23(5,26)17-8-7-15-20-14(2)13-18-22(4,12-10-19(25)24-18)16(20)9-11-21(15,17)3/h10,12,14-18,20,26H,6-9,11,13H2,1-5H3,(H,24,25)/t14-,15-,16-,17-,18+,20-,21-,22+,23-/m0/s1. The fraction of sp³-hybridized carbons (Fsp3) is 0.870. The molecule has 1 amide bonds. The molecule has 1 heterocycles. The van der Waals surface area contributed by atoms with E-state index < -0.39 is 5.60 Å². The van der Waals surface area contributed by atoms with E-state index in [1.165, 1.54) is 25.7 Å². The van der Waals surface area contributed by atoms with Gasteiger partial charge in [0.1, 0.15) is 0 Å². The molecule has 0 saturated heterocycles. The van der Waals surface area contributed by atoms with E-state index in [4.69, 9.17) is 0 Å². The van der Waals surface area contributed by atoms with Crippen molar-refractivity contribution in [1.82, 2.24) is 5.32 Å². The van der Waals surface area contributed by atoms with Crippen LogP contribution in [0.3, 0.4) is 0 Å². The quantitative estimate of drug-likeness (QED) is 0.772. The van der Waals surface area contributed by atoms with Gasteiger partial charge in [-0.2, -0.15) is 0 Å². The summed E-state index contributed by atoms with van der Waals surface area (Å²) < 4.78 is 0. The van der Waals surface area contributed by atoms with E-state index in [0.717, 1.165) is 12.8 Å². The Bertz CT molecular complexity index is 626. The monoisotopic (exact) mass is 359 g/mol. The maximum absolute atomic E-state index is 11.9. The average molecular weight is 360 g/mol. The zero-order valence-corrected chi connectivity index (χ0v) is 17.2. The highest BCUT2D eigenvalue weighted by atomic mass is 16.3. The fourth-order valence-electron chi connectivity index (χ4n) is 7.95. The minimum absolute atomic E-state index is 0.0821. The highest BCUT2D eigenvalue weighted by Crippen LogP contribution is 2.67. The van der Waals surface area contributed by atoms with Gasteiger partial charge in [-0.15, -0.1) is 0 Å². The molecule has 9 atom stereocenters. The van der Waals surface area contributed by atoms with Crippen LogP contribution in [0.25, 0.3) is 0 Å². The minimum atomic E-state index is -0.542. The Hall–Kier alpha value is -0.830. The Balaban J connectivity index is 1.69. The number of carbonyl (C=O) groups excluding carboxylic acids is 1. The van der Waals surface area contributed by atoms with Gasteiger partial charge in [-0.3, -0.25) is 4.79 Å². The van der Waals surface area contributed by atoms with Gasteiger partial charge in [0.2, 0.25) is 5.91 Å². The third-order valence-electron chi connectivity index (χ3n) is 9.52. The van der Waals surface area contributed by atoms with Gasteiger partial charge < -0.3 is 10.4 Å². The maximum Gasteiger partial charge on any atom is 0.243 e. The van der Waals surface area contributed by atoms with Crippen molar-refractivity contribution in [3.05, 3.63) is 12.2 Å². The highest BCUT2D eigenvalue weighted by molar-refractivity contribution is 5.89. The summed E-state index contributed by atoms with van der Waals surface area (Å²) >= 11 is 0. The molecule has 0 spiro atoms. The Kier molecular flexibility index (Phi) is 4.16. The summed E-state index contributed by atoms with van der Waals surface area (Å²) in [5.74, 6) is 3.22. The molecule has 3 saturated carbocycles. The van der Waals surface area contributed by atoms with Crippen molar-refractivity contribution in [3.63, 3.8) is 0 Å². The van der Waals surface area contributed by atoms with E-state index in [1.807, 2.05) is 0 Å². The molecule has 3 aliphatic carbocycles. The molecule has 0 aromatic heterocycles. The largest absolute Gasteiger partial charge is 0.390 e. The Morgan fingerprint density at radius 1 is 1.27 bits per heavy atom. The molecule has 0 unspecified atom stereocenters. The summed E-state index contributed by atoms with van der Waals surface area (Å²) in [6.07, 6.45) is 10.8. The lowest BCUT2D eigenvalue weighted by Gasteiger charge is -2.61. The number of carbonyl (C=O) groups is 1. The van der Waals surface area contributed by atoms with Gasteiger partial charge in [0.25, 0.3) is 0 Å². The first-order valence-corrected chi connectivity index (χ1v) is 10.9. The molecule has 0 aromatic carbocycles. The van der Waals surface area contributed by atoms with Crippen molar-refractivity contribution in [1.29, 1.82) is 0 Å². The molecule has 4 aliphatic rings. The number of amides is 1. The number of fused-ring (bicyclic) bond motifs is 5. The van der Waals surface area contributed by atoms with Crippen LogP contribution in [-0.4, -0.2) is 22.7 Å². The molecule has 146 valence electrons. The van der Waals surface area contributed by atoms with Crippen LogP contribution in [0.15, 0.2) is 12.2 Å². The van der Waals surface area contributed by atoms with Crippen molar-refractivity contribution in [2.45, 2.75) is 84.8 Å². The average Bonchev–Trinajstić information content (AvgIpc) is 2.94. The van der Waals surface area contributed by atoms with Gasteiger partial charge in [0.15, 0.2) is 0 Å². The third kappa shape index (κ3) is 2.38. The van der Waals surface area contributed by atoms with Crippen LogP contribution >= 0.6 is 0 Å². The first-order chi connectivity index (χ1) is 12.1. The molecule has 3 heteroatoms. The van der Waals surface area contributed by atoms with Crippen LogP contribution in [0.2, 0.25) is 0 Å². The molecular formula is C23H37NO2. The van der Waals surface area contributed by atoms with Crippen molar-refractivity contribution < 1.29 is 9.90 Å². The summed E-state index contributed by atoms with van der Waals surface area (Å²) in [4.78, 5) is 11.9. The van der Waals surface area contributed by atoms with Crippen LogP contribution in [0, 0.1) is 40.4 Å². The van der Waals surface area contributed by atoms with Crippen molar-refractivity contribution >= 4 is 5.91 Å². The molecule has 3 nitrogen and oxygen atoms in total. The number of hydrogen-bond donors (Lipinski definition) is 2. The molecule has 1 aliphatic heterocycles. The zero-order chi connectivity index (χ0) is 18.9. The van der Waals surface area contributed by atoms with E-state index in [-0.39, 0.29) is 22.8 Å². The van der Waals surface area contributed by atoms with Gasteiger partial charge >= 0.3 is 0 Å². The minimum Gasteiger partial charge on any atom is -0.390 e. The normalized spacial score (nSPS) is 52.5. The second-order valence-corrected chi connectivity index (χ2v) is 10.6. The number of hydrogen-bond acceptors (Lipinski definition) is 2. The summed E-state index contributed by atoms with van der Waals surface area (Å²) in [5, 5.41) is 14.4. The van der Waals surface area contributed by atoms with Crippen LogP contribution in [0.5, 0.6) is 0 Å². The topological polar surface area (TPSA) is 49.3 Å². The summed E-state index contributed by atoms with van der Waals surface area (Å²) in [6.45, 7) is 11.5. The first kappa shape index (κ1) is 18.5. The molecule has 2 N–H and O–H groups in total. The van der Waals surface area contributed by atoms with Crippen LogP contribution < -0.4 is 5.32 Å². The van der Waals surface area contributed by atoms with Gasteiger partial charge in [-0.1, -0.05) is 33.8 Å². The third-order valence-corrected chi connectivity index (χ3v) is 9.52. The maximum atomic E-state index is 11.9. The summed E-state index contributed by atoms with van der Waals surface area (Å²) in [7, 11) is 0. The second-order valence-electron chi connectivity index (χ2n) is 10.6. The summed E-state index contributed by atoms with van der Waals surface area (Å²) in [6, 6.07) is 0.288. The lowest BCUT2D eigenvalue weighted by Crippen LogP contribution is -2.62. The number of nitrogens with one attached hydrogen (secondary N) is 1. The first-order valence-electron chi connectivity index (χ1n) is 10.9. The van der Waals surface area contributed by atoms with E-state index in [1.54, 1.807) is 6.08 Å². The van der Waals surface area contributed by atoms with E-state index >= 15 is 0 Å². The lowest BCUT2D eigenvalue weighted by molar-refractivity contribution is -0.134. The predicted molar refractivity (Wildman–Crippen MR) is 104 cm³/mol. The Morgan fingerprint density at radius 2 is 2.00 bits per heavy atom. The van der Waals surface area contributed by atoms with Crippen molar-refractivity contribution in [3.8, 4) is 0 Å². The van der Waals surface area contributed by atoms with E-state index in [2.05, 4.69) is 46.0 Å². The molecular weight excluding hydrogens is 322 g/mol. The molecule has 26 heavy (non-hydrogen) atoms. The molecule has 0 aromatic rings. The van der Waals surface area contributed by atoms with Gasteiger partial charge in [0.05, 0.1) is 5.60 Å². The van der Waals surface area contributed by atoms with Crippen molar-refractivity contribution in [2.75, 3.05) is 0 Å². The van der Waals surface area contributed by atoms with Gasteiger partial charge in [-0.25, -0.2) is 0 Å². The van der Waals surface area contributed by atoms with Crippen LogP contribution in [0.4, 0.5) is 0 Å². The molecule has 4 rings (SSSR count). The predicted octanol–water partition coefficient (Wildman–Crippen LogP) is 4.31. The van der Waals surface area contributed by atoms with Gasteiger partial charge in [-0.05, 0) is 86.5 Å². The van der Waals surface area contributed by atoms with E-state index in [0.29, 0.717) is 29.6 Å². The SMILES string of the molecule is CC[C@](C)(O)[C@H]1CC[C@H]2[C@@H]3[C@@H](C)C[C@H]4NC(=O)C=C[C@]4(C)[C@H]3CC[C@@]21C. The number of aliphatic hydroxyl groups is 1. The Morgan fingerprint density at radius 3 is 2.69 bits per heavy atom. The second kappa shape index (κ2) is 5.83. The Labute approximate surface area is 159 Å². The van der Waals surface area contributed by atoms with E-state index in [9.17, 15) is 9.90 Å².